The average molecular weight is 547 g/mol. The highest BCUT2D eigenvalue weighted by molar-refractivity contribution is 9.10. The number of halogens is 5. The summed E-state index contributed by atoms with van der Waals surface area (Å²) in [5, 5.41) is 12.0. The van der Waals surface area contributed by atoms with E-state index in [1.54, 1.807) is 29.1 Å². The van der Waals surface area contributed by atoms with Gasteiger partial charge in [-0.3, -0.25) is 9.48 Å². The molecule has 0 bridgehead atoms. The molecule has 1 amide bonds. The SMILES string of the molecule is O=C(Nc1nn(Cc2ccc(Cl)c(Cl)c2)cc1Br)C1CC(c2c(F)cccc2Cl)=NO1. The molecular weight excluding hydrogens is 534 g/mol. The Balaban J connectivity index is 1.42. The van der Waals surface area contributed by atoms with Gasteiger partial charge in [-0.1, -0.05) is 52.1 Å². The molecule has 1 aromatic heterocycles. The van der Waals surface area contributed by atoms with Gasteiger partial charge in [0.05, 0.1) is 37.4 Å². The molecule has 1 aliphatic rings. The van der Waals surface area contributed by atoms with Crippen LogP contribution in [0.1, 0.15) is 17.5 Å². The molecule has 0 saturated carbocycles. The smallest absolute Gasteiger partial charge is 0.269 e. The van der Waals surface area contributed by atoms with Crippen LogP contribution in [0.25, 0.3) is 0 Å². The quantitative estimate of drug-likeness (QED) is 0.432. The highest BCUT2D eigenvalue weighted by Crippen LogP contribution is 2.28. The maximum absolute atomic E-state index is 14.1. The van der Waals surface area contributed by atoms with Gasteiger partial charge in [0.15, 0.2) is 5.82 Å². The average Bonchev–Trinajstić information content (AvgIpc) is 3.32. The monoisotopic (exact) mass is 544 g/mol. The summed E-state index contributed by atoms with van der Waals surface area (Å²) >= 11 is 21.4. The van der Waals surface area contributed by atoms with Gasteiger partial charge in [0.2, 0.25) is 6.10 Å². The van der Waals surface area contributed by atoms with Gasteiger partial charge in [-0.25, -0.2) is 4.39 Å². The summed E-state index contributed by atoms with van der Waals surface area (Å²) in [4.78, 5) is 17.8. The van der Waals surface area contributed by atoms with Crippen LogP contribution < -0.4 is 5.32 Å². The van der Waals surface area contributed by atoms with Gasteiger partial charge in [0.1, 0.15) is 5.82 Å². The standard InChI is InChI=1S/C20H13BrCl3FN4O2/c21-11-9-29(8-10-4-5-12(22)14(24)6-10)27-19(11)26-20(30)17-7-16(28-31-17)18-13(23)2-1-3-15(18)25/h1-6,9,17H,7-8H2,(H,26,27,30). The van der Waals surface area contributed by atoms with Crippen LogP contribution >= 0.6 is 50.7 Å². The van der Waals surface area contributed by atoms with Crippen LogP contribution in [0.2, 0.25) is 15.1 Å². The Labute approximate surface area is 200 Å². The fraction of sp³-hybridized carbons (Fsp3) is 0.150. The van der Waals surface area contributed by atoms with Crippen molar-refractivity contribution in [1.82, 2.24) is 9.78 Å². The summed E-state index contributed by atoms with van der Waals surface area (Å²) < 4.78 is 16.3. The molecule has 1 unspecified atom stereocenters. The van der Waals surface area contributed by atoms with Crippen LogP contribution in [0.3, 0.4) is 0 Å². The van der Waals surface area contributed by atoms with Gasteiger partial charge in [-0.15, -0.1) is 0 Å². The molecule has 3 aromatic rings. The first-order valence-corrected chi connectivity index (χ1v) is 10.9. The number of benzene rings is 2. The fourth-order valence-corrected chi connectivity index (χ4v) is 4.03. The first-order valence-electron chi connectivity index (χ1n) is 8.96. The van der Waals surface area contributed by atoms with Crippen molar-refractivity contribution in [2.45, 2.75) is 19.1 Å². The van der Waals surface area contributed by atoms with Crippen molar-refractivity contribution in [3.05, 3.63) is 79.1 Å². The van der Waals surface area contributed by atoms with Crippen molar-refractivity contribution in [3.63, 3.8) is 0 Å². The van der Waals surface area contributed by atoms with E-state index in [2.05, 4.69) is 31.5 Å². The van der Waals surface area contributed by atoms with Crippen LogP contribution in [0.15, 0.2) is 52.2 Å². The van der Waals surface area contributed by atoms with E-state index in [1.165, 1.54) is 12.1 Å². The minimum absolute atomic E-state index is 0.0775. The Kier molecular flexibility index (Phi) is 6.52. The molecule has 1 aliphatic heterocycles. The molecule has 1 atom stereocenters. The van der Waals surface area contributed by atoms with E-state index in [9.17, 15) is 9.18 Å². The van der Waals surface area contributed by atoms with E-state index in [1.807, 2.05) is 6.07 Å². The summed E-state index contributed by atoms with van der Waals surface area (Å²) in [5.41, 5.74) is 1.29. The summed E-state index contributed by atoms with van der Waals surface area (Å²) in [6, 6.07) is 9.60. The Morgan fingerprint density at radius 3 is 2.77 bits per heavy atom. The summed E-state index contributed by atoms with van der Waals surface area (Å²) in [6.07, 6.45) is 0.862. The molecule has 2 aromatic carbocycles. The predicted molar refractivity (Wildman–Crippen MR) is 122 cm³/mol. The lowest BCUT2D eigenvalue weighted by Gasteiger charge is -2.08. The number of hydrogen-bond donors (Lipinski definition) is 1. The van der Waals surface area contributed by atoms with Crippen molar-refractivity contribution < 1.29 is 14.0 Å². The highest BCUT2D eigenvalue weighted by atomic mass is 79.9. The fourth-order valence-electron chi connectivity index (χ4n) is 3.02. The van der Waals surface area contributed by atoms with E-state index in [0.29, 0.717) is 26.9 Å². The number of carbonyl (C=O) groups excluding carboxylic acids is 1. The Morgan fingerprint density at radius 2 is 2.03 bits per heavy atom. The van der Waals surface area contributed by atoms with Crippen molar-refractivity contribution in [2.24, 2.45) is 5.16 Å². The van der Waals surface area contributed by atoms with Gasteiger partial charge in [-0.05, 0) is 45.8 Å². The molecule has 2 heterocycles. The van der Waals surface area contributed by atoms with Crippen molar-refractivity contribution in [3.8, 4) is 0 Å². The molecule has 0 saturated heterocycles. The molecule has 0 fully saturated rings. The minimum Gasteiger partial charge on any atom is -0.382 e. The third-order valence-electron chi connectivity index (χ3n) is 4.50. The van der Waals surface area contributed by atoms with E-state index in [-0.39, 0.29) is 22.7 Å². The molecule has 0 aliphatic carbocycles. The third kappa shape index (κ3) is 4.87. The molecule has 160 valence electrons. The zero-order valence-corrected chi connectivity index (χ0v) is 19.4. The topological polar surface area (TPSA) is 68.5 Å². The second kappa shape index (κ2) is 9.16. The van der Waals surface area contributed by atoms with Crippen LogP contribution in [-0.4, -0.2) is 27.5 Å². The van der Waals surface area contributed by atoms with Crippen molar-refractivity contribution >= 4 is 68.2 Å². The normalized spacial score (nSPS) is 15.5. The van der Waals surface area contributed by atoms with Crippen molar-refractivity contribution in [1.29, 1.82) is 0 Å². The highest BCUT2D eigenvalue weighted by Gasteiger charge is 2.32. The molecule has 11 heteroatoms. The zero-order valence-electron chi connectivity index (χ0n) is 15.6. The van der Waals surface area contributed by atoms with Gasteiger partial charge >= 0.3 is 0 Å². The molecular formula is C20H13BrCl3FN4O2. The molecule has 0 radical (unpaired) electrons. The minimum atomic E-state index is -0.933. The molecule has 0 spiro atoms. The Morgan fingerprint density at radius 1 is 1.23 bits per heavy atom. The molecule has 6 nitrogen and oxygen atoms in total. The summed E-state index contributed by atoms with van der Waals surface area (Å²) in [5.74, 6) is -0.683. The lowest BCUT2D eigenvalue weighted by atomic mass is 10.0. The number of rotatable bonds is 5. The van der Waals surface area contributed by atoms with Crippen LogP contribution in [-0.2, 0) is 16.2 Å². The van der Waals surface area contributed by atoms with Gasteiger partial charge in [-0.2, -0.15) is 5.10 Å². The predicted octanol–water partition coefficient (Wildman–Crippen LogP) is 5.92. The molecule has 4 rings (SSSR count). The first kappa shape index (κ1) is 22.1. The number of nitrogens with zero attached hydrogens (tertiary/aromatic N) is 3. The Bertz CT molecular complexity index is 1180. The number of anilines is 1. The number of hydrogen-bond acceptors (Lipinski definition) is 4. The van der Waals surface area contributed by atoms with Gasteiger partial charge in [0.25, 0.3) is 5.91 Å². The maximum atomic E-state index is 14.1. The van der Waals surface area contributed by atoms with E-state index in [4.69, 9.17) is 39.6 Å². The van der Waals surface area contributed by atoms with Gasteiger partial charge < -0.3 is 10.2 Å². The van der Waals surface area contributed by atoms with Crippen molar-refractivity contribution in [2.75, 3.05) is 5.32 Å². The second-order valence-corrected chi connectivity index (χ2v) is 8.77. The van der Waals surface area contributed by atoms with Crippen LogP contribution in [0.4, 0.5) is 10.2 Å². The number of carbonyl (C=O) groups is 1. The lowest BCUT2D eigenvalue weighted by Crippen LogP contribution is -2.28. The number of nitrogens with one attached hydrogen (secondary N) is 1. The largest absolute Gasteiger partial charge is 0.382 e. The zero-order chi connectivity index (χ0) is 22.1. The third-order valence-corrected chi connectivity index (χ3v) is 6.13. The van der Waals surface area contributed by atoms with Crippen LogP contribution in [0.5, 0.6) is 0 Å². The lowest BCUT2D eigenvalue weighted by molar-refractivity contribution is -0.125. The number of amides is 1. The summed E-state index contributed by atoms with van der Waals surface area (Å²) in [7, 11) is 0. The van der Waals surface area contributed by atoms with E-state index < -0.39 is 17.8 Å². The summed E-state index contributed by atoms with van der Waals surface area (Å²) in [6.45, 7) is 0.421. The maximum Gasteiger partial charge on any atom is 0.269 e. The van der Waals surface area contributed by atoms with Crippen LogP contribution in [0, 0.1) is 5.82 Å². The number of oxime groups is 1. The van der Waals surface area contributed by atoms with E-state index in [0.717, 1.165) is 5.56 Å². The Hall–Kier alpha value is -2.13. The second-order valence-electron chi connectivity index (χ2n) is 6.69. The van der Waals surface area contributed by atoms with E-state index >= 15 is 0 Å². The molecule has 31 heavy (non-hydrogen) atoms. The number of aromatic nitrogens is 2. The molecule has 1 N–H and O–H groups in total. The first-order chi connectivity index (χ1) is 14.8. The van der Waals surface area contributed by atoms with Gasteiger partial charge in [0, 0.05) is 12.6 Å².